The van der Waals surface area contributed by atoms with Crippen molar-refractivity contribution in [2.75, 3.05) is 13.1 Å². The van der Waals surface area contributed by atoms with Crippen LogP contribution in [0.3, 0.4) is 0 Å². The van der Waals surface area contributed by atoms with E-state index >= 15 is 0 Å². The standard InChI is InChI=1S/C15H27N3/c1-13(17)4-2-5-14-6-8-15(9-7-14)12-18-11-3-10-16/h6-9,13,18H,2-5,10-12,16-17H2,1H3. The average molecular weight is 249 g/mol. The Balaban J connectivity index is 2.24. The number of benzene rings is 1. The fraction of sp³-hybridized carbons (Fsp3) is 0.600. The van der Waals surface area contributed by atoms with Crippen molar-refractivity contribution in [3.63, 3.8) is 0 Å². The third kappa shape index (κ3) is 6.74. The minimum absolute atomic E-state index is 0.316. The number of aryl methyl sites for hydroxylation is 1. The molecule has 0 heterocycles. The molecule has 1 atom stereocenters. The first kappa shape index (κ1) is 15.2. The van der Waals surface area contributed by atoms with Crippen molar-refractivity contribution in [3.8, 4) is 0 Å². The molecule has 3 nitrogen and oxygen atoms in total. The highest BCUT2D eigenvalue weighted by Crippen LogP contribution is 2.08. The first-order chi connectivity index (χ1) is 8.72. The van der Waals surface area contributed by atoms with E-state index in [4.69, 9.17) is 11.5 Å². The van der Waals surface area contributed by atoms with Crippen molar-refractivity contribution in [1.82, 2.24) is 5.32 Å². The van der Waals surface area contributed by atoms with Crippen LogP contribution >= 0.6 is 0 Å². The molecule has 5 N–H and O–H groups in total. The lowest BCUT2D eigenvalue weighted by Crippen LogP contribution is -2.17. The highest BCUT2D eigenvalue weighted by molar-refractivity contribution is 5.22. The lowest BCUT2D eigenvalue weighted by molar-refractivity contribution is 0.624. The predicted molar refractivity (Wildman–Crippen MR) is 78.4 cm³/mol. The van der Waals surface area contributed by atoms with Crippen LogP contribution in [0.15, 0.2) is 24.3 Å². The van der Waals surface area contributed by atoms with Gasteiger partial charge < -0.3 is 16.8 Å². The fourth-order valence-electron chi connectivity index (χ4n) is 1.91. The van der Waals surface area contributed by atoms with Crippen molar-refractivity contribution in [2.24, 2.45) is 11.5 Å². The molecule has 0 aliphatic heterocycles. The van der Waals surface area contributed by atoms with E-state index in [1.165, 1.54) is 17.5 Å². The Hall–Kier alpha value is -0.900. The van der Waals surface area contributed by atoms with Gasteiger partial charge in [-0.05, 0) is 56.8 Å². The third-order valence-corrected chi connectivity index (χ3v) is 3.03. The van der Waals surface area contributed by atoms with Crippen LogP contribution in [-0.2, 0) is 13.0 Å². The maximum atomic E-state index is 5.74. The van der Waals surface area contributed by atoms with Crippen LogP contribution in [0, 0.1) is 0 Å². The van der Waals surface area contributed by atoms with Gasteiger partial charge in [0.15, 0.2) is 0 Å². The Morgan fingerprint density at radius 1 is 1.11 bits per heavy atom. The Labute approximate surface area is 111 Å². The van der Waals surface area contributed by atoms with Crippen LogP contribution in [-0.4, -0.2) is 19.1 Å². The van der Waals surface area contributed by atoms with Gasteiger partial charge in [-0.1, -0.05) is 24.3 Å². The van der Waals surface area contributed by atoms with Crippen molar-refractivity contribution in [1.29, 1.82) is 0 Å². The Morgan fingerprint density at radius 2 is 1.78 bits per heavy atom. The van der Waals surface area contributed by atoms with Gasteiger partial charge in [0.1, 0.15) is 0 Å². The first-order valence-electron chi connectivity index (χ1n) is 6.96. The molecule has 0 bridgehead atoms. The zero-order valence-corrected chi connectivity index (χ0v) is 11.5. The summed E-state index contributed by atoms with van der Waals surface area (Å²) in [5.41, 5.74) is 13.9. The second-order valence-electron chi connectivity index (χ2n) is 5.01. The zero-order chi connectivity index (χ0) is 13.2. The van der Waals surface area contributed by atoms with Gasteiger partial charge in [-0.2, -0.15) is 0 Å². The molecule has 0 radical (unpaired) electrons. The number of hydrogen-bond donors (Lipinski definition) is 3. The molecular weight excluding hydrogens is 222 g/mol. The molecular formula is C15H27N3. The summed E-state index contributed by atoms with van der Waals surface area (Å²) in [4.78, 5) is 0. The lowest BCUT2D eigenvalue weighted by atomic mass is 10.0. The number of hydrogen-bond acceptors (Lipinski definition) is 3. The van der Waals surface area contributed by atoms with Crippen molar-refractivity contribution in [2.45, 2.75) is 45.2 Å². The number of nitrogens with one attached hydrogen (secondary N) is 1. The van der Waals surface area contributed by atoms with E-state index in [9.17, 15) is 0 Å². The minimum Gasteiger partial charge on any atom is -0.330 e. The molecule has 0 aromatic heterocycles. The topological polar surface area (TPSA) is 64.1 Å². The fourth-order valence-corrected chi connectivity index (χ4v) is 1.91. The van der Waals surface area contributed by atoms with Crippen LogP contribution in [0.4, 0.5) is 0 Å². The summed E-state index contributed by atoms with van der Waals surface area (Å²) in [7, 11) is 0. The summed E-state index contributed by atoms with van der Waals surface area (Å²) in [6.07, 6.45) is 4.44. The van der Waals surface area contributed by atoms with Crippen LogP contribution < -0.4 is 16.8 Å². The lowest BCUT2D eigenvalue weighted by Gasteiger charge is -2.07. The minimum atomic E-state index is 0.316. The van der Waals surface area contributed by atoms with Crippen LogP contribution in [0.5, 0.6) is 0 Å². The van der Waals surface area contributed by atoms with Gasteiger partial charge >= 0.3 is 0 Å². The molecule has 1 aromatic rings. The first-order valence-corrected chi connectivity index (χ1v) is 6.96. The van der Waals surface area contributed by atoms with Gasteiger partial charge in [-0.25, -0.2) is 0 Å². The second kappa shape index (κ2) is 9.09. The van der Waals surface area contributed by atoms with Gasteiger partial charge in [0, 0.05) is 12.6 Å². The van der Waals surface area contributed by atoms with Gasteiger partial charge in [-0.3, -0.25) is 0 Å². The summed E-state index contributed by atoms with van der Waals surface area (Å²) in [6.45, 7) is 4.74. The van der Waals surface area contributed by atoms with Gasteiger partial charge in [0.2, 0.25) is 0 Å². The molecule has 18 heavy (non-hydrogen) atoms. The summed E-state index contributed by atoms with van der Waals surface area (Å²) in [5, 5.41) is 3.38. The molecule has 0 fully saturated rings. The smallest absolute Gasteiger partial charge is 0.0205 e. The summed E-state index contributed by atoms with van der Waals surface area (Å²) >= 11 is 0. The van der Waals surface area contributed by atoms with Crippen LogP contribution in [0.1, 0.15) is 37.3 Å². The molecule has 0 spiro atoms. The Morgan fingerprint density at radius 3 is 2.39 bits per heavy atom. The predicted octanol–water partition coefficient (Wildman–Crippen LogP) is 1.79. The van der Waals surface area contributed by atoms with Crippen LogP contribution in [0.2, 0.25) is 0 Å². The molecule has 0 aliphatic rings. The zero-order valence-electron chi connectivity index (χ0n) is 11.5. The van der Waals surface area contributed by atoms with Crippen molar-refractivity contribution in [3.05, 3.63) is 35.4 Å². The van der Waals surface area contributed by atoms with E-state index < -0.39 is 0 Å². The summed E-state index contributed by atoms with van der Waals surface area (Å²) in [5.74, 6) is 0. The van der Waals surface area contributed by atoms with E-state index in [1.807, 2.05) is 0 Å². The van der Waals surface area contributed by atoms with E-state index in [-0.39, 0.29) is 0 Å². The molecule has 0 saturated carbocycles. The Bertz CT molecular complexity index is 306. The number of rotatable bonds is 9. The monoisotopic (exact) mass is 249 g/mol. The van der Waals surface area contributed by atoms with Gasteiger partial charge in [-0.15, -0.1) is 0 Å². The molecule has 1 aromatic carbocycles. The van der Waals surface area contributed by atoms with Gasteiger partial charge in [0.25, 0.3) is 0 Å². The molecule has 102 valence electrons. The van der Waals surface area contributed by atoms with Crippen LogP contribution in [0.25, 0.3) is 0 Å². The van der Waals surface area contributed by atoms with Crippen molar-refractivity contribution < 1.29 is 0 Å². The van der Waals surface area contributed by atoms with E-state index in [0.29, 0.717) is 6.04 Å². The van der Waals surface area contributed by atoms with E-state index in [1.54, 1.807) is 0 Å². The molecule has 1 rings (SSSR count). The number of nitrogens with two attached hydrogens (primary N) is 2. The van der Waals surface area contributed by atoms with E-state index in [2.05, 4.69) is 36.5 Å². The molecule has 3 heteroatoms. The normalized spacial score (nSPS) is 12.6. The summed E-state index contributed by atoms with van der Waals surface area (Å²) in [6, 6.07) is 9.17. The largest absolute Gasteiger partial charge is 0.330 e. The van der Waals surface area contributed by atoms with Crippen molar-refractivity contribution >= 4 is 0 Å². The highest BCUT2D eigenvalue weighted by Gasteiger charge is 1.97. The average Bonchev–Trinajstić information content (AvgIpc) is 2.36. The molecule has 1 unspecified atom stereocenters. The third-order valence-electron chi connectivity index (χ3n) is 3.03. The highest BCUT2D eigenvalue weighted by atomic mass is 14.8. The second-order valence-corrected chi connectivity index (χ2v) is 5.01. The maximum absolute atomic E-state index is 5.74. The Kier molecular flexibility index (Phi) is 7.65. The summed E-state index contributed by atoms with van der Waals surface area (Å²) < 4.78 is 0. The molecule has 0 amide bonds. The molecule has 0 aliphatic carbocycles. The molecule has 0 saturated heterocycles. The maximum Gasteiger partial charge on any atom is 0.0205 e. The quantitative estimate of drug-likeness (QED) is 0.585. The van der Waals surface area contributed by atoms with E-state index in [0.717, 1.165) is 38.9 Å². The SMILES string of the molecule is CC(N)CCCc1ccc(CNCCCN)cc1. The van der Waals surface area contributed by atoms with Gasteiger partial charge in [0.05, 0.1) is 0 Å².